The van der Waals surface area contributed by atoms with Gasteiger partial charge in [0, 0.05) is 18.8 Å². The standard InChI is InChI=1S/C14H22N2O/c1-17-14-9-13(7-8-16-14)11-15-10-12-5-3-2-4-6-12/h7-9,12,15H,2-6,10-11H2,1H3. The van der Waals surface area contributed by atoms with Crippen molar-refractivity contribution in [3.63, 3.8) is 0 Å². The molecule has 1 N–H and O–H groups in total. The first kappa shape index (κ1) is 12.4. The molecule has 0 saturated heterocycles. The number of ether oxygens (including phenoxy) is 1. The molecule has 3 nitrogen and oxygen atoms in total. The van der Waals surface area contributed by atoms with E-state index >= 15 is 0 Å². The van der Waals surface area contributed by atoms with Crippen molar-refractivity contribution < 1.29 is 4.74 Å². The van der Waals surface area contributed by atoms with E-state index in [1.807, 2.05) is 12.1 Å². The summed E-state index contributed by atoms with van der Waals surface area (Å²) in [6.45, 7) is 2.06. The molecule has 1 saturated carbocycles. The average molecular weight is 234 g/mol. The Hall–Kier alpha value is -1.09. The van der Waals surface area contributed by atoms with E-state index in [0.29, 0.717) is 5.88 Å². The Kier molecular flexibility index (Phi) is 4.80. The Balaban J connectivity index is 1.73. The van der Waals surface area contributed by atoms with Crippen LogP contribution in [0.4, 0.5) is 0 Å². The van der Waals surface area contributed by atoms with Gasteiger partial charge in [0.25, 0.3) is 0 Å². The molecule has 0 aliphatic heterocycles. The van der Waals surface area contributed by atoms with Gasteiger partial charge in [0.2, 0.25) is 5.88 Å². The lowest BCUT2D eigenvalue weighted by molar-refractivity contribution is 0.341. The number of methoxy groups -OCH3 is 1. The van der Waals surface area contributed by atoms with E-state index in [-0.39, 0.29) is 0 Å². The highest BCUT2D eigenvalue weighted by molar-refractivity contribution is 5.20. The molecule has 0 atom stereocenters. The molecule has 1 fully saturated rings. The van der Waals surface area contributed by atoms with Gasteiger partial charge in [-0.05, 0) is 36.9 Å². The summed E-state index contributed by atoms with van der Waals surface area (Å²) in [5.74, 6) is 1.58. The fourth-order valence-corrected chi connectivity index (χ4v) is 2.48. The third kappa shape index (κ3) is 4.00. The number of hydrogen-bond donors (Lipinski definition) is 1. The van der Waals surface area contributed by atoms with Crippen LogP contribution in [-0.2, 0) is 6.54 Å². The molecule has 0 amide bonds. The SMILES string of the molecule is COc1cc(CNCC2CCCCC2)ccn1. The number of nitrogens with zero attached hydrogens (tertiary/aromatic N) is 1. The van der Waals surface area contributed by atoms with Crippen LogP contribution in [0.15, 0.2) is 18.3 Å². The highest BCUT2D eigenvalue weighted by Crippen LogP contribution is 2.22. The molecule has 1 aliphatic carbocycles. The second kappa shape index (κ2) is 6.60. The van der Waals surface area contributed by atoms with E-state index in [2.05, 4.69) is 10.3 Å². The number of pyridine rings is 1. The van der Waals surface area contributed by atoms with Gasteiger partial charge in [-0.15, -0.1) is 0 Å². The molecule has 2 rings (SSSR count). The van der Waals surface area contributed by atoms with Gasteiger partial charge in [0.15, 0.2) is 0 Å². The molecular formula is C14H22N2O. The average Bonchev–Trinajstić information content (AvgIpc) is 2.40. The van der Waals surface area contributed by atoms with Gasteiger partial charge in [-0.3, -0.25) is 0 Å². The number of hydrogen-bond acceptors (Lipinski definition) is 3. The van der Waals surface area contributed by atoms with Gasteiger partial charge in [0.05, 0.1) is 7.11 Å². The van der Waals surface area contributed by atoms with Crippen molar-refractivity contribution in [1.82, 2.24) is 10.3 Å². The van der Waals surface area contributed by atoms with Crippen molar-refractivity contribution in [1.29, 1.82) is 0 Å². The van der Waals surface area contributed by atoms with E-state index in [0.717, 1.165) is 19.0 Å². The zero-order valence-electron chi connectivity index (χ0n) is 10.6. The first-order chi connectivity index (χ1) is 8.38. The molecule has 0 unspecified atom stereocenters. The van der Waals surface area contributed by atoms with E-state index in [1.165, 1.54) is 37.7 Å². The first-order valence-corrected chi connectivity index (χ1v) is 6.58. The summed E-state index contributed by atoms with van der Waals surface area (Å²) in [6, 6.07) is 4.03. The van der Waals surface area contributed by atoms with E-state index in [9.17, 15) is 0 Å². The van der Waals surface area contributed by atoms with Crippen LogP contribution in [0.5, 0.6) is 5.88 Å². The largest absolute Gasteiger partial charge is 0.481 e. The van der Waals surface area contributed by atoms with Crippen LogP contribution in [0.2, 0.25) is 0 Å². The third-order valence-corrected chi connectivity index (χ3v) is 3.50. The first-order valence-electron chi connectivity index (χ1n) is 6.58. The highest BCUT2D eigenvalue weighted by atomic mass is 16.5. The molecule has 0 bridgehead atoms. The second-order valence-corrected chi connectivity index (χ2v) is 4.84. The van der Waals surface area contributed by atoms with Crippen molar-refractivity contribution >= 4 is 0 Å². The molecule has 0 aromatic carbocycles. The molecule has 0 spiro atoms. The Morgan fingerprint density at radius 1 is 1.35 bits per heavy atom. The lowest BCUT2D eigenvalue weighted by Gasteiger charge is -2.21. The van der Waals surface area contributed by atoms with Crippen LogP contribution in [0.25, 0.3) is 0 Å². The molecular weight excluding hydrogens is 212 g/mol. The van der Waals surface area contributed by atoms with E-state index in [1.54, 1.807) is 13.3 Å². The lowest BCUT2D eigenvalue weighted by atomic mass is 9.89. The smallest absolute Gasteiger partial charge is 0.213 e. The quantitative estimate of drug-likeness (QED) is 0.850. The van der Waals surface area contributed by atoms with Gasteiger partial charge in [-0.25, -0.2) is 4.98 Å². The maximum absolute atomic E-state index is 5.11. The van der Waals surface area contributed by atoms with Crippen LogP contribution in [0.1, 0.15) is 37.7 Å². The van der Waals surface area contributed by atoms with Gasteiger partial charge in [-0.1, -0.05) is 19.3 Å². The van der Waals surface area contributed by atoms with Crippen LogP contribution in [0.3, 0.4) is 0 Å². The van der Waals surface area contributed by atoms with Crippen molar-refractivity contribution in [2.45, 2.75) is 38.6 Å². The Labute approximate surface area is 104 Å². The van der Waals surface area contributed by atoms with Gasteiger partial charge in [0.1, 0.15) is 0 Å². The van der Waals surface area contributed by atoms with Crippen molar-refractivity contribution in [2.24, 2.45) is 5.92 Å². The third-order valence-electron chi connectivity index (χ3n) is 3.50. The monoisotopic (exact) mass is 234 g/mol. The number of aromatic nitrogens is 1. The zero-order chi connectivity index (χ0) is 11.9. The normalized spacial score (nSPS) is 17.0. The maximum Gasteiger partial charge on any atom is 0.213 e. The van der Waals surface area contributed by atoms with Crippen LogP contribution < -0.4 is 10.1 Å². The van der Waals surface area contributed by atoms with Gasteiger partial charge in [-0.2, -0.15) is 0 Å². The molecule has 17 heavy (non-hydrogen) atoms. The fourth-order valence-electron chi connectivity index (χ4n) is 2.48. The number of rotatable bonds is 5. The summed E-state index contributed by atoms with van der Waals surface area (Å²) in [4.78, 5) is 4.11. The minimum absolute atomic E-state index is 0.696. The summed E-state index contributed by atoms with van der Waals surface area (Å²) in [6.07, 6.45) is 8.85. The number of nitrogens with one attached hydrogen (secondary N) is 1. The molecule has 1 aromatic heterocycles. The minimum Gasteiger partial charge on any atom is -0.481 e. The predicted octanol–water partition coefficient (Wildman–Crippen LogP) is 2.76. The summed E-state index contributed by atoms with van der Waals surface area (Å²) >= 11 is 0. The van der Waals surface area contributed by atoms with Crippen molar-refractivity contribution in [3.8, 4) is 5.88 Å². The Bertz CT molecular complexity index is 335. The molecule has 0 radical (unpaired) electrons. The van der Waals surface area contributed by atoms with Crippen LogP contribution >= 0.6 is 0 Å². The lowest BCUT2D eigenvalue weighted by Crippen LogP contribution is -2.24. The topological polar surface area (TPSA) is 34.1 Å². The molecule has 3 heteroatoms. The van der Waals surface area contributed by atoms with Gasteiger partial charge < -0.3 is 10.1 Å². The molecule has 1 heterocycles. The Morgan fingerprint density at radius 2 is 2.18 bits per heavy atom. The fraction of sp³-hybridized carbons (Fsp3) is 0.643. The van der Waals surface area contributed by atoms with E-state index in [4.69, 9.17) is 4.74 Å². The predicted molar refractivity (Wildman–Crippen MR) is 69.1 cm³/mol. The highest BCUT2D eigenvalue weighted by Gasteiger charge is 2.12. The summed E-state index contributed by atoms with van der Waals surface area (Å²) < 4.78 is 5.11. The van der Waals surface area contributed by atoms with Crippen LogP contribution in [-0.4, -0.2) is 18.6 Å². The second-order valence-electron chi connectivity index (χ2n) is 4.84. The van der Waals surface area contributed by atoms with Crippen LogP contribution in [0, 0.1) is 5.92 Å². The molecule has 94 valence electrons. The van der Waals surface area contributed by atoms with Crippen molar-refractivity contribution in [2.75, 3.05) is 13.7 Å². The maximum atomic E-state index is 5.11. The summed E-state index contributed by atoms with van der Waals surface area (Å²) in [5, 5.41) is 3.54. The van der Waals surface area contributed by atoms with Crippen molar-refractivity contribution in [3.05, 3.63) is 23.9 Å². The Morgan fingerprint density at radius 3 is 2.94 bits per heavy atom. The van der Waals surface area contributed by atoms with E-state index < -0.39 is 0 Å². The minimum atomic E-state index is 0.696. The molecule has 1 aromatic rings. The molecule has 1 aliphatic rings. The zero-order valence-corrected chi connectivity index (χ0v) is 10.6. The summed E-state index contributed by atoms with van der Waals surface area (Å²) in [7, 11) is 1.65. The summed E-state index contributed by atoms with van der Waals surface area (Å²) in [5.41, 5.74) is 1.24. The van der Waals surface area contributed by atoms with Gasteiger partial charge >= 0.3 is 0 Å².